The SMILES string of the molecule is CCCCC(CC)COC(=O)CCSc1ccc2ncn(C)c(=O)c2c1C. The minimum atomic E-state index is -0.145. The number of unbranched alkanes of at least 4 members (excludes halogenated alkanes) is 1. The average molecular weight is 391 g/mol. The molecule has 0 aliphatic rings. The number of carbonyl (C=O) groups excluding carboxylic acids is 1. The van der Waals surface area contributed by atoms with Gasteiger partial charge in [-0.25, -0.2) is 4.98 Å². The van der Waals surface area contributed by atoms with Gasteiger partial charge >= 0.3 is 5.97 Å². The van der Waals surface area contributed by atoms with E-state index in [-0.39, 0.29) is 11.5 Å². The summed E-state index contributed by atoms with van der Waals surface area (Å²) < 4.78 is 6.94. The van der Waals surface area contributed by atoms with Crippen molar-refractivity contribution in [1.29, 1.82) is 0 Å². The largest absolute Gasteiger partial charge is 0.465 e. The van der Waals surface area contributed by atoms with E-state index >= 15 is 0 Å². The van der Waals surface area contributed by atoms with Gasteiger partial charge in [0, 0.05) is 17.7 Å². The second kappa shape index (κ2) is 10.5. The van der Waals surface area contributed by atoms with Gasteiger partial charge in [-0.2, -0.15) is 0 Å². The molecule has 1 heterocycles. The van der Waals surface area contributed by atoms with Crippen molar-refractivity contribution in [3.63, 3.8) is 0 Å². The Morgan fingerprint density at radius 3 is 2.81 bits per heavy atom. The molecular formula is C21H30N2O3S. The van der Waals surface area contributed by atoms with Gasteiger partial charge in [0.05, 0.1) is 30.3 Å². The van der Waals surface area contributed by atoms with Crippen LogP contribution in [0.15, 0.2) is 28.2 Å². The average Bonchev–Trinajstić information content (AvgIpc) is 2.66. The first-order chi connectivity index (χ1) is 13.0. The Morgan fingerprint density at radius 1 is 1.33 bits per heavy atom. The molecule has 0 saturated heterocycles. The Labute approximate surface area is 165 Å². The molecule has 2 rings (SSSR count). The monoisotopic (exact) mass is 390 g/mol. The zero-order valence-corrected chi connectivity index (χ0v) is 17.6. The van der Waals surface area contributed by atoms with Gasteiger partial charge < -0.3 is 9.30 Å². The molecule has 1 aromatic heterocycles. The molecule has 0 aliphatic carbocycles. The van der Waals surface area contributed by atoms with E-state index < -0.39 is 0 Å². The molecule has 0 amide bonds. The highest BCUT2D eigenvalue weighted by Gasteiger charge is 2.12. The molecule has 0 spiro atoms. The predicted molar refractivity (Wildman–Crippen MR) is 111 cm³/mol. The highest BCUT2D eigenvalue weighted by atomic mass is 32.2. The van der Waals surface area contributed by atoms with Crippen LogP contribution < -0.4 is 5.56 Å². The van der Waals surface area contributed by atoms with E-state index in [0.717, 1.165) is 23.3 Å². The topological polar surface area (TPSA) is 61.2 Å². The minimum Gasteiger partial charge on any atom is -0.465 e. The molecule has 0 radical (unpaired) electrons. The molecule has 1 unspecified atom stereocenters. The molecule has 0 saturated carbocycles. The fraction of sp³-hybridized carbons (Fsp3) is 0.571. The number of rotatable bonds is 10. The highest BCUT2D eigenvalue weighted by molar-refractivity contribution is 7.99. The van der Waals surface area contributed by atoms with Crippen LogP contribution >= 0.6 is 11.8 Å². The summed E-state index contributed by atoms with van der Waals surface area (Å²) in [6, 6.07) is 3.84. The van der Waals surface area contributed by atoms with E-state index in [4.69, 9.17) is 4.74 Å². The quantitative estimate of drug-likeness (QED) is 0.442. The number of nitrogens with zero attached hydrogens (tertiary/aromatic N) is 2. The van der Waals surface area contributed by atoms with Crippen LogP contribution in [-0.4, -0.2) is 27.9 Å². The first-order valence-electron chi connectivity index (χ1n) is 9.71. The fourth-order valence-electron chi connectivity index (χ4n) is 3.02. The van der Waals surface area contributed by atoms with Crippen molar-refractivity contribution in [2.24, 2.45) is 13.0 Å². The smallest absolute Gasteiger partial charge is 0.306 e. The van der Waals surface area contributed by atoms with Crippen molar-refractivity contribution in [3.05, 3.63) is 34.4 Å². The summed E-state index contributed by atoms with van der Waals surface area (Å²) in [5.74, 6) is 0.957. The second-order valence-electron chi connectivity index (χ2n) is 6.94. The van der Waals surface area contributed by atoms with Gasteiger partial charge in [-0.05, 0) is 37.0 Å². The summed E-state index contributed by atoms with van der Waals surface area (Å²) in [6.45, 7) is 6.78. The van der Waals surface area contributed by atoms with E-state index in [1.54, 1.807) is 18.8 Å². The fourth-order valence-corrected chi connectivity index (χ4v) is 3.99. The van der Waals surface area contributed by atoms with E-state index in [0.29, 0.717) is 35.6 Å². The molecule has 6 heteroatoms. The number of fused-ring (bicyclic) bond motifs is 1. The lowest BCUT2D eigenvalue weighted by Gasteiger charge is -2.14. The Bertz CT molecular complexity index is 832. The Hall–Kier alpha value is -1.82. The number of thioether (sulfide) groups is 1. The van der Waals surface area contributed by atoms with Crippen molar-refractivity contribution < 1.29 is 9.53 Å². The van der Waals surface area contributed by atoms with Crippen LogP contribution in [0.5, 0.6) is 0 Å². The number of benzene rings is 1. The number of hydrogen-bond acceptors (Lipinski definition) is 5. The summed E-state index contributed by atoms with van der Waals surface area (Å²) in [4.78, 5) is 29.7. The lowest BCUT2D eigenvalue weighted by molar-refractivity contribution is -0.144. The van der Waals surface area contributed by atoms with E-state index in [9.17, 15) is 9.59 Å². The normalized spacial score (nSPS) is 12.3. The maximum atomic E-state index is 12.4. The van der Waals surface area contributed by atoms with E-state index in [2.05, 4.69) is 18.8 Å². The second-order valence-corrected chi connectivity index (χ2v) is 8.08. The molecule has 0 aliphatic heterocycles. The number of esters is 1. The third kappa shape index (κ3) is 5.83. The van der Waals surface area contributed by atoms with E-state index in [1.807, 2.05) is 19.1 Å². The zero-order chi connectivity index (χ0) is 19.8. The minimum absolute atomic E-state index is 0.0444. The summed E-state index contributed by atoms with van der Waals surface area (Å²) >= 11 is 1.58. The molecule has 0 N–H and O–H groups in total. The molecule has 0 fully saturated rings. The van der Waals surface area contributed by atoms with Gasteiger partial charge in [0.25, 0.3) is 5.56 Å². The summed E-state index contributed by atoms with van der Waals surface area (Å²) in [5.41, 5.74) is 1.58. The van der Waals surface area contributed by atoms with Crippen LogP contribution in [0.2, 0.25) is 0 Å². The van der Waals surface area contributed by atoms with Crippen LogP contribution in [0.1, 0.15) is 51.5 Å². The van der Waals surface area contributed by atoms with Crippen LogP contribution in [0.25, 0.3) is 10.9 Å². The van der Waals surface area contributed by atoms with Gasteiger partial charge in [0.2, 0.25) is 0 Å². The van der Waals surface area contributed by atoms with Crippen molar-refractivity contribution in [1.82, 2.24) is 9.55 Å². The molecule has 148 valence electrons. The summed E-state index contributed by atoms with van der Waals surface area (Å²) in [6.07, 6.45) is 6.43. The van der Waals surface area contributed by atoms with Gasteiger partial charge in [-0.3, -0.25) is 9.59 Å². The standard InChI is InChI=1S/C21H30N2O3S/c1-5-7-8-16(6-2)13-26-19(24)11-12-27-18-10-9-17-20(15(18)3)21(25)23(4)14-22-17/h9-10,14,16H,5-8,11-13H2,1-4H3. The van der Waals surface area contributed by atoms with Crippen LogP contribution in [0.3, 0.4) is 0 Å². The molecule has 2 aromatic rings. The molecule has 5 nitrogen and oxygen atoms in total. The van der Waals surface area contributed by atoms with Crippen LogP contribution in [0, 0.1) is 12.8 Å². The Kier molecular flexibility index (Phi) is 8.35. The lowest BCUT2D eigenvalue weighted by Crippen LogP contribution is -2.18. The zero-order valence-electron chi connectivity index (χ0n) is 16.8. The molecule has 1 atom stereocenters. The summed E-state index contributed by atoms with van der Waals surface area (Å²) in [5, 5.41) is 0.647. The van der Waals surface area contributed by atoms with Crippen molar-refractivity contribution in [2.75, 3.05) is 12.4 Å². The third-order valence-corrected chi connectivity index (χ3v) is 6.05. The number of ether oxygens (including phenoxy) is 1. The van der Waals surface area contributed by atoms with E-state index in [1.165, 1.54) is 23.7 Å². The lowest BCUT2D eigenvalue weighted by atomic mass is 10.0. The van der Waals surface area contributed by atoms with Crippen LogP contribution in [-0.2, 0) is 16.6 Å². The number of carbonyl (C=O) groups is 1. The van der Waals surface area contributed by atoms with Crippen molar-refractivity contribution >= 4 is 28.6 Å². The van der Waals surface area contributed by atoms with Gasteiger partial charge in [-0.1, -0.05) is 33.1 Å². The highest BCUT2D eigenvalue weighted by Crippen LogP contribution is 2.27. The van der Waals surface area contributed by atoms with Crippen molar-refractivity contribution in [3.8, 4) is 0 Å². The Morgan fingerprint density at radius 2 is 2.11 bits per heavy atom. The van der Waals surface area contributed by atoms with Gasteiger partial charge in [0.1, 0.15) is 0 Å². The molecule has 0 bridgehead atoms. The van der Waals surface area contributed by atoms with Crippen molar-refractivity contribution in [2.45, 2.75) is 57.8 Å². The summed E-state index contributed by atoms with van der Waals surface area (Å²) in [7, 11) is 1.70. The third-order valence-electron chi connectivity index (χ3n) is 4.88. The van der Waals surface area contributed by atoms with Gasteiger partial charge in [-0.15, -0.1) is 11.8 Å². The first kappa shape index (κ1) is 21.5. The molecule has 1 aromatic carbocycles. The number of aryl methyl sites for hydroxylation is 2. The predicted octanol–water partition coefficient (Wildman–Crippen LogP) is 4.48. The maximum Gasteiger partial charge on any atom is 0.306 e. The first-order valence-corrected chi connectivity index (χ1v) is 10.7. The number of aromatic nitrogens is 2. The van der Waals surface area contributed by atoms with Gasteiger partial charge in [0.15, 0.2) is 0 Å². The van der Waals surface area contributed by atoms with Crippen LogP contribution in [0.4, 0.5) is 0 Å². The molecule has 27 heavy (non-hydrogen) atoms. The maximum absolute atomic E-state index is 12.4. The number of hydrogen-bond donors (Lipinski definition) is 0. The molecular weight excluding hydrogens is 360 g/mol. The Balaban J connectivity index is 1.90.